The van der Waals surface area contributed by atoms with Gasteiger partial charge in [-0.05, 0) is 38.5 Å². The Kier molecular flexibility index (Phi) is 4.25. The quantitative estimate of drug-likeness (QED) is 0.579. The molecule has 0 saturated heterocycles. The van der Waals surface area contributed by atoms with E-state index in [1.165, 1.54) is 16.2 Å². The van der Waals surface area contributed by atoms with E-state index in [9.17, 15) is 4.79 Å². The summed E-state index contributed by atoms with van der Waals surface area (Å²) in [7, 11) is 0. The van der Waals surface area contributed by atoms with Gasteiger partial charge in [0.25, 0.3) is 11.7 Å². The molecule has 7 nitrogen and oxygen atoms in total. The van der Waals surface area contributed by atoms with Crippen LogP contribution in [0.1, 0.15) is 33.8 Å². The maximum atomic E-state index is 12.5. The van der Waals surface area contributed by atoms with E-state index in [1.807, 2.05) is 25.3 Å². The number of hydrogen-bond acceptors (Lipinski definition) is 7. The molecule has 4 heterocycles. The van der Waals surface area contributed by atoms with Gasteiger partial charge >= 0.3 is 0 Å². The highest BCUT2D eigenvalue weighted by molar-refractivity contribution is 7.17. The largest absolute Gasteiger partial charge is 0.297 e. The molecule has 0 bridgehead atoms. The predicted octanol–water partition coefficient (Wildman–Crippen LogP) is 3.74. The summed E-state index contributed by atoms with van der Waals surface area (Å²) in [6.07, 6.45) is 1.00. The number of carbonyl (C=O) groups excluding carboxylic acids is 1. The number of fused-ring (bicyclic) bond motifs is 1. The Balaban J connectivity index is 1.56. The zero-order valence-corrected chi connectivity index (χ0v) is 16.1. The van der Waals surface area contributed by atoms with Crippen LogP contribution >= 0.6 is 22.7 Å². The lowest BCUT2D eigenvalue weighted by atomic mass is 10.3. The van der Waals surface area contributed by atoms with Crippen LogP contribution < -0.4 is 5.32 Å². The molecule has 4 aromatic rings. The number of hydrogen-bond donors (Lipinski definition) is 1. The molecule has 0 radical (unpaired) electrons. The Bertz CT molecular complexity index is 1110. The molecule has 0 unspecified atom stereocenters. The van der Waals surface area contributed by atoms with Crippen molar-refractivity contribution in [1.29, 1.82) is 0 Å². The Labute approximate surface area is 157 Å². The van der Waals surface area contributed by atoms with Crippen molar-refractivity contribution in [1.82, 2.24) is 24.6 Å². The third-order valence-electron chi connectivity index (χ3n) is 3.81. The molecule has 0 aromatic carbocycles. The third kappa shape index (κ3) is 3.11. The van der Waals surface area contributed by atoms with Gasteiger partial charge in [-0.2, -0.15) is 4.98 Å². The number of rotatable bonds is 4. The monoisotopic (exact) mass is 384 g/mol. The number of carbonyl (C=O) groups is 1. The molecule has 4 rings (SSSR count). The minimum Gasteiger partial charge on any atom is -0.295 e. The fraction of sp³-hybridized carbons (Fsp3) is 0.235. The second-order valence-electron chi connectivity index (χ2n) is 5.80. The summed E-state index contributed by atoms with van der Waals surface area (Å²) < 4.78 is 1.56. The molecule has 1 N–H and O–H groups in total. The molecule has 9 heteroatoms. The summed E-state index contributed by atoms with van der Waals surface area (Å²) in [6, 6.07) is 6.06. The van der Waals surface area contributed by atoms with Crippen molar-refractivity contribution >= 4 is 39.5 Å². The van der Waals surface area contributed by atoms with Crippen LogP contribution in [-0.2, 0) is 6.42 Å². The van der Waals surface area contributed by atoms with Gasteiger partial charge in [0.15, 0.2) is 5.13 Å². The van der Waals surface area contributed by atoms with Gasteiger partial charge < -0.3 is 0 Å². The number of nitrogens with one attached hydrogen (secondary N) is 1. The molecule has 0 saturated carbocycles. The van der Waals surface area contributed by atoms with Crippen molar-refractivity contribution < 1.29 is 4.79 Å². The topological polar surface area (TPSA) is 85.1 Å². The zero-order valence-electron chi connectivity index (χ0n) is 14.5. The van der Waals surface area contributed by atoms with Gasteiger partial charge in [0.05, 0.1) is 10.6 Å². The van der Waals surface area contributed by atoms with E-state index in [0.29, 0.717) is 10.9 Å². The van der Waals surface area contributed by atoms with E-state index in [0.717, 1.165) is 28.4 Å². The second-order valence-corrected chi connectivity index (χ2v) is 7.82. The summed E-state index contributed by atoms with van der Waals surface area (Å²) in [6.45, 7) is 5.91. The first-order valence-corrected chi connectivity index (χ1v) is 9.80. The number of aryl methyl sites for hydroxylation is 3. The normalized spacial score (nSPS) is 11.2. The molecular formula is C17H16N6OS2. The van der Waals surface area contributed by atoms with E-state index < -0.39 is 5.91 Å². The average Bonchev–Trinajstić information content (AvgIpc) is 3.33. The number of thiazole rings is 1. The lowest BCUT2D eigenvalue weighted by molar-refractivity contribution is 0.101. The maximum Gasteiger partial charge on any atom is 0.297 e. The van der Waals surface area contributed by atoms with Crippen LogP contribution in [0.25, 0.3) is 16.3 Å². The fourth-order valence-electron chi connectivity index (χ4n) is 2.57. The van der Waals surface area contributed by atoms with Crippen molar-refractivity contribution in [3.63, 3.8) is 0 Å². The highest BCUT2D eigenvalue weighted by Crippen LogP contribution is 2.31. The van der Waals surface area contributed by atoms with Crippen LogP contribution in [0, 0.1) is 13.8 Å². The van der Waals surface area contributed by atoms with Gasteiger partial charge in [0, 0.05) is 21.6 Å². The average molecular weight is 384 g/mol. The molecule has 0 spiro atoms. The van der Waals surface area contributed by atoms with Crippen molar-refractivity contribution in [2.45, 2.75) is 27.2 Å². The molecular weight excluding hydrogens is 368 g/mol. The van der Waals surface area contributed by atoms with Crippen LogP contribution in [-0.4, -0.2) is 30.5 Å². The van der Waals surface area contributed by atoms with Crippen LogP contribution in [0.4, 0.5) is 5.13 Å². The number of amides is 1. The van der Waals surface area contributed by atoms with Gasteiger partial charge in [-0.3, -0.25) is 10.1 Å². The fourth-order valence-corrected chi connectivity index (χ4v) is 4.25. The highest BCUT2D eigenvalue weighted by atomic mass is 32.1. The van der Waals surface area contributed by atoms with Gasteiger partial charge in [-0.1, -0.05) is 6.92 Å². The molecule has 0 aliphatic heterocycles. The molecule has 4 aromatic heterocycles. The summed E-state index contributed by atoms with van der Waals surface area (Å²) in [4.78, 5) is 27.9. The molecule has 1 amide bonds. The van der Waals surface area contributed by atoms with E-state index in [2.05, 4.69) is 44.4 Å². The third-order valence-corrected chi connectivity index (χ3v) is 5.82. The van der Waals surface area contributed by atoms with Crippen molar-refractivity contribution in [2.75, 3.05) is 5.32 Å². The van der Waals surface area contributed by atoms with Crippen molar-refractivity contribution in [3.8, 4) is 10.6 Å². The van der Waals surface area contributed by atoms with E-state index in [-0.39, 0.29) is 5.82 Å². The standard InChI is InChI=1S/C17H16N6OS2/c1-4-11-5-6-13(26-11)12-8-25-17(19-12)21-15(24)14-20-16-18-9(2)7-10(3)23(16)22-14/h5-8H,4H2,1-3H3,(H,19,21,24). The van der Waals surface area contributed by atoms with Crippen LogP contribution in [0.5, 0.6) is 0 Å². The smallest absolute Gasteiger partial charge is 0.295 e. The number of anilines is 1. The summed E-state index contributed by atoms with van der Waals surface area (Å²) in [5, 5.41) is 9.47. The van der Waals surface area contributed by atoms with Gasteiger partial charge in [-0.15, -0.1) is 27.8 Å². The first-order chi connectivity index (χ1) is 12.5. The van der Waals surface area contributed by atoms with E-state index in [4.69, 9.17) is 0 Å². The second kappa shape index (κ2) is 6.58. The Morgan fingerprint density at radius 3 is 2.85 bits per heavy atom. The molecule has 0 aliphatic carbocycles. The Hall–Kier alpha value is -2.65. The predicted molar refractivity (Wildman–Crippen MR) is 103 cm³/mol. The minimum atomic E-state index is -0.395. The summed E-state index contributed by atoms with van der Waals surface area (Å²) in [5.41, 5.74) is 2.58. The SMILES string of the molecule is CCc1ccc(-c2csc(NC(=O)c3nc4nc(C)cc(C)n4n3)n2)s1. The minimum absolute atomic E-state index is 0.0762. The Morgan fingerprint density at radius 1 is 1.23 bits per heavy atom. The molecule has 26 heavy (non-hydrogen) atoms. The number of thiophene rings is 1. The molecule has 0 atom stereocenters. The van der Waals surface area contributed by atoms with E-state index >= 15 is 0 Å². The number of nitrogens with zero attached hydrogens (tertiary/aromatic N) is 5. The molecule has 132 valence electrons. The first kappa shape index (κ1) is 16.8. The first-order valence-electron chi connectivity index (χ1n) is 8.10. The molecule has 0 fully saturated rings. The van der Waals surface area contributed by atoms with Crippen LogP contribution in [0.2, 0.25) is 0 Å². The van der Waals surface area contributed by atoms with Crippen LogP contribution in [0.3, 0.4) is 0 Å². The van der Waals surface area contributed by atoms with Gasteiger partial charge in [0.2, 0.25) is 5.82 Å². The summed E-state index contributed by atoms with van der Waals surface area (Å²) in [5.74, 6) is 0.0966. The van der Waals surface area contributed by atoms with Gasteiger partial charge in [-0.25, -0.2) is 14.5 Å². The van der Waals surface area contributed by atoms with E-state index in [1.54, 1.807) is 15.9 Å². The lowest BCUT2D eigenvalue weighted by Gasteiger charge is -1.97. The number of aromatic nitrogens is 5. The zero-order chi connectivity index (χ0) is 18.3. The van der Waals surface area contributed by atoms with Crippen molar-refractivity contribution in [3.05, 3.63) is 45.7 Å². The maximum absolute atomic E-state index is 12.5. The van der Waals surface area contributed by atoms with Crippen LogP contribution in [0.15, 0.2) is 23.6 Å². The lowest BCUT2D eigenvalue weighted by Crippen LogP contribution is -2.13. The Morgan fingerprint density at radius 2 is 2.08 bits per heavy atom. The van der Waals surface area contributed by atoms with Crippen molar-refractivity contribution in [2.24, 2.45) is 0 Å². The molecule has 0 aliphatic rings. The highest BCUT2D eigenvalue weighted by Gasteiger charge is 2.17. The summed E-state index contributed by atoms with van der Waals surface area (Å²) >= 11 is 3.10. The van der Waals surface area contributed by atoms with Gasteiger partial charge in [0.1, 0.15) is 0 Å².